The van der Waals surface area contributed by atoms with Gasteiger partial charge in [-0.05, 0) is 31.2 Å². The molecule has 2 rings (SSSR count). The van der Waals surface area contributed by atoms with Gasteiger partial charge in [0.1, 0.15) is 0 Å². The van der Waals surface area contributed by atoms with Gasteiger partial charge < -0.3 is 9.80 Å². The fourth-order valence-corrected chi connectivity index (χ4v) is 3.95. The second-order valence-electron chi connectivity index (χ2n) is 7.00. The zero-order chi connectivity index (χ0) is 14.6. The summed E-state index contributed by atoms with van der Waals surface area (Å²) >= 11 is 5.82. The first-order valence-electron chi connectivity index (χ1n) is 8.12. The van der Waals surface area contributed by atoms with Crippen LogP contribution in [0.15, 0.2) is 0 Å². The van der Waals surface area contributed by atoms with Crippen molar-refractivity contribution in [3.63, 3.8) is 0 Å². The summed E-state index contributed by atoms with van der Waals surface area (Å²) in [5.74, 6) is 1.32. The lowest BCUT2D eigenvalue weighted by atomic mass is 9.68. The van der Waals surface area contributed by atoms with Crippen molar-refractivity contribution in [2.75, 3.05) is 38.6 Å². The van der Waals surface area contributed by atoms with Gasteiger partial charge >= 0.3 is 0 Å². The van der Waals surface area contributed by atoms with Crippen molar-refractivity contribution in [2.45, 2.75) is 46.0 Å². The Hall–Kier alpha value is -0.280. The Morgan fingerprint density at radius 2 is 1.95 bits per heavy atom. The van der Waals surface area contributed by atoms with Crippen molar-refractivity contribution in [1.29, 1.82) is 0 Å². The summed E-state index contributed by atoms with van der Waals surface area (Å²) in [7, 11) is 0. The van der Waals surface area contributed by atoms with Crippen LogP contribution < -0.4 is 0 Å². The molecule has 1 saturated carbocycles. The lowest BCUT2D eigenvalue weighted by Gasteiger charge is -2.40. The summed E-state index contributed by atoms with van der Waals surface area (Å²) in [4.78, 5) is 17.4. The van der Waals surface area contributed by atoms with Crippen LogP contribution in [-0.2, 0) is 4.79 Å². The molecule has 1 heterocycles. The first-order valence-corrected chi connectivity index (χ1v) is 8.65. The molecule has 0 aromatic carbocycles. The van der Waals surface area contributed by atoms with Crippen LogP contribution in [0.2, 0.25) is 0 Å². The molecule has 0 radical (unpaired) electrons. The van der Waals surface area contributed by atoms with Gasteiger partial charge in [-0.25, -0.2) is 0 Å². The SMILES string of the molecule is CC1(C)CCCCC1C(=O)N1CCCN(CCCl)CC1. The molecular formula is C16H29ClN2O. The highest BCUT2D eigenvalue weighted by atomic mass is 35.5. The van der Waals surface area contributed by atoms with Crippen molar-refractivity contribution < 1.29 is 4.79 Å². The molecule has 20 heavy (non-hydrogen) atoms. The topological polar surface area (TPSA) is 23.6 Å². The summed E-state index contributed by atoms with van der Waals surface area (Å²) < 4.78 is 0. The molecule has 1 amide bonds. The molecule has 1 aliphatic heterocycles. The molecule has 2 aliphatic rings. The summed E-state index contributed by atoms with van der Waals surface area (Å²) in [5.41, 5.74) is 0.178. The maximum Gasteiger partial charge on any atom is 0.226 e. The Kier molecular flexibility index (Phi) is 5.74. The van der Waals surface area contributed by atoms with Gasteiger partial charge in [-0.15, -0.1) is 11.6 Å². The maximum absolute atomic E-state index is 12.9. The van der Waals surface area contributed by atoms with E-state index in [0.29, 0.717) is 11.8 Å². The fourth-order valence-electron chi connectivity index (χ4n) is 3.71. The molecule has 0 N–H and O–H groups in total. The standard InChI is InChI=1S/C16H29ClN2O/c1-16(2)7-4-3-6-14(16)15(20)19-10-5-9-18(11-8-17)12-13-19/h14H,3-13H2,1-2H3. The van der Waals surface area contributed by atoms with Gasteiger partial charge in [0.15, 0.2) is 0 Å². The quantitative estimate of drug-likeness (QED) is 0.748. The molecule has 1 atom stereocenters. The number of alkyl halides is 1. The summed E-state index contributed by atoms with van der Waals surface area (Å²) in [6, 6.07) is 0. The largest absolute Gasteiger partial charge is 0.341 e. The van der Waals surface area contributed by atoms with Gasteiger partial charge in [-0.1, -0.05) is 26.7 Å². The third-order valence-corrected chi connectivity index (χ3v) is 5.28. The molecule has 0 aromatic heterocycles. The van der Waals surface area contributed by atoms with Crippen LogP contribution in [0.5, 0.6) is 0 Å². The van der Waals surface area contributed by atoms with Crippen LogP contribution in [0.25, 0.3) is 0 Å². The second-order valence-corrected chi connectivity index (χ2v) is 7.37. The van der Waals surface area contributed by atoms with Crippen LogP contribution >= 0.6 is 11.6 Å². The molecule has 1 saturated heterocycles. The summed E-state index contributed by atoms with van der Waals surface area (Å²) in [5, 5.41) is 0. The van der Waals surface area contributed by atoms with E-state index in [9.17, 15) is 4.79 Å². The van der Waals surface area contributed by atoms with Crippen LogP contribution in [-0.4, -0.2) is 54.3 Å². The smallest absolute Gasteiger partial charge is 0.226 e. The minimum Gasteiger partial charge on any atom is -0.341 e. The Morgan fingerprint density at radius 1 is 1.15 bits per heavy atom. The molecular weight excluding hydrogens is 272 g/mol. The van der Waals surface area contributed by atoms with Gasteiger partial charge in [0, 0.05) is 38.0 Å². The molecule has 116 valence electrons. The first-order chi connectivity index (χ1) is 9.54. The van der Waals surface area contributed by atoms with E-state index in [1.54, 1.807) is 0 Å². The lowest BCUT2D eigenvalue weighted by molar-refractivity contribution is -0.141. The average molecular weight is 301 g/mol. The van der Waals surface area contributed by atoms with E-state index in [-0.39, 0.29) is 11.3 Å². The van der Waals surface area contributed by atoms with E-state index >= 15 is 0 Å². The van der Waals surface area contributed by atoms with Gasteiger partial charge in [-0.3, -0.25) is 4.79 Å². The van der Waals surface area contributed by atoms with Crippen LogP contribution in [0.4, 0.5) is 0 Å². The van der Waals surface area contributed by atoms with Crippen molar-refractivity contribution in [2.24, 2.45) is 11.3 Å². The predicted molar refractivity (Wildman–Crippen MR) is 84.1 cm³/mol. The Morgan fingerprint density at radius 3 is 2.65 bits per heavy atom. The minimum absolute atomic E-state index is 0.178. The Bertz CT molecular complexity index is 332. The number of carbonyl (C=O) groups excluding carboxylic acids is 1. The number of halogens is 1. The third kappa shape index (κ3) is 3.88. The van der Waals surface area contributed by atoms with E-state index in [1.807, 2.05) is 0 Å². The molecule has 0 spiro atoms. The van der Waals surface area contributed by atoms with E-state index in [4.69, 9.17) is 11.6 Å². The number of carbonyl (C=O) groups is 1. The van der Waals surface area contributed by atoms with Gasteiger partial charge in [0.05, 0.1) is 0 Å². The van der Waals surface area contributed by atoms with Gasteiger partial charge in [0.2, 0.25) is 5.91 Å². The fraction of sp³-hybridized carbons (Fsp3) is 0.938. The molecule has 4 heteroatoms. The van der Waals surface area contributed by atoms with Crippen molar-refractivity contribution in [1.82, 2.24) is 9.80 Å². The predicted octanol–water partition coefficient (Wildman–Crippen LogP) is 2.98. The third-order valence-electron chi connectivity index (χ3n) is 5.11. The van der Waals surface area contributed by atoms with Crippen molar-refractivity contribution in [3.8, 4) is 0 Å². The molecule has 3 nitrogen and oxygen atoms in total. The van der Waals surface area contributed by atoms with Crippen LogP contribution in [0, 0.1) is 11.3 Å². The molecule has 2 fully saturated rings. The maximum atomic E-state index is 12.9. The van der Waals surface area contributed by atoms with E-state index in [1.165, 1.54) is 19.3 Å². The zero-order valence-electron chi connectivity index (χ0n) is 13.0. The van der Waals surface area contributed by atoms with Crippen LogP contribution in [0.3, 0.4) is 0 Å². The Balaban J connectivity index is 1.95. The van der Waals surface area contributed by atoms with E-state index in [0.717, 1.165) is 45.6 Å². The average Bonchev–Trinajstić information content (AvgIpc) is 2.64. The summed E-state index contributed by atoms with van der Waals surface area (Å²) in [6.07, 6.45) is 5.84. The monoisotopic (exact) mass is 300 g/mol. The van der Waals surface area contributed by atoms with Gasteiger partial charge in [-0.2, -0.15) is 0 Å². The second kappa shape index (κ2) is 7.13. The number of hydrogen-bond donors (Lipinski definition) is 0. The highest BCUT2D eigenvalue weighted by Crippen LogP contribution is 2.41. The first kappa shape index (κ1) is 16.1. The molecule has 1 aliphatic carbocycles. The van der Waals surface area contributed by atoms with Crippen molar-refractivity contribution in [3.05, 3.63) is 0 Å². The number of hydrogen-bond acceptors (Lipinski definition) is 2. The van der Waals surface area contributed by atoms with Crippen LogP contribution in [0.1, 0.15) is 46.0 Å². The lowest BCUT2D eigenvalue weighted by Crippen LogP contribution is -2.45. The number of nitrogens with zero attached hydrogens (tertiary/aromatic N) is 2. The minimum atomic E-state index is 0.178. The summed E-state index contributed by atoms with van der Waals surface area (Å²) in [6.45, 7) is 9.33. The normalized spacial score (nSPS) is 28.1. The zero-order valence-corrected chi connectivity index (χ0v) is 13.8. The molecule has 0 bridgehead atoms. The van der Waals surface area contributed by atoms with E-state index < -0.39 is 0 Å². The number of amides is 1. The van der Waals surface area contributed by atoms with Gasteiger partial charge in [0.25, 0.3) is 0 Å². The molecule has 0 aromatic rings. The highest BCUT2D eigenvalue weighted by Gasteiger charge is 2.39. The van der Waals surface area contributed by atoms with E-state index in [2.05, 4.69) is 23.6 Å². The Labute approximate surface area is 128 Å². The molecule has 1 unspecified atom stereocenters. The highest BCUT2D eigenvalue weighted by molar-refractivity contribution is 6.18. The number of rotatable bonds is 3. The van der Waals surface area contributed by atoms with Crippen molar-refractivity contribution >= 4 is 17.5 Å².